The van der Waals surface area contributed by atoms with Crippen LogP contribution in [0, 0.1) is 0 Å². The number of nitrogens with one attached hydrogen (secondary N) is 1. The Morgan fingerprint density at radius 1 is 1.16 bits per heavy atom. The molecule has 96 valence electrons. The highest BCUT2D eigenvalue weighted by Crippen LogP contribution is 2.23. The number of para-hydroxylation sites is 2. The van der Waals surface area contributed by atoms with Crippen molar-refractivity contribution in [2.45, 2.75) is 6.54 Å². The highest BCUT2D eigenvalue weighted by atomic mass is 35.5. The molecule has 5 heteroatoms. The van der Waals surface area contributed by atoms with E-state index in [9.17, 15) is 0 Å². The minimum atomic E-state index is 0.579. The van der Waals surface area contributed by atoms with Gasteiger partial charge in [0.25, 0.3) is 0 Å². The number of anilines is 1. The van der Waals surface area contributed by atoms with Gasteiger partial charge in [-0.1, -0.05) is 23.7 Å². The van der Waals surface area contributed by atoms with Gasteiger partial charge in [-0.05, 0) is 24.3 Å². The van der Waals surface area contributed by atoms with Gasteiger partial charge in [0.2, 0.25) is 0 Å². The average molecular weight is 290 g/mol. The maximum Gasteiger partial charge on any atom is 0.183 e. The molecule has 0 atom stereocenters. The third-order valence-electron chi connectivity index (χ3n) is 2.77. The summed E-state index contributed by atoms with van der Waals surface area (Å²) in [5, 5.41) is 3.42. The van der Waals surface area contributed by atoms with E-state index in [-0.39, 0.29) is 0 Å². The van der Waals surface area contributed by atoms with Gasteiger partial charge in [0.05, 0.1) is 17.9 Å². The first kappa shape index (κ1) is 12.3. The van der Waals surface area contributed by atoms with Crippen LogP contribution in [0.2, 0.25) is 4.47 Å². The lowest BCUT2D eigenvalue weighted by molar-refractivity contribution is 1.06. The van der Waals surface area contributed by atoms with Crippen molar-refractivity contribution in [1.82, 2.24) is 9.55 Å². The molecule has 0 fully saturated rings. The lowest BCUT2D eigenvalue weighted by Crippen LogP contribution is -2.02. The molecule has 0 spiro atoms. The van der Waals surface area contributed by atoms with Crippen molar-refractivity contribution in [3.05, 3.63) is 64.3 Å². The SMILES string of the molecule is Clc1ncc(CNc2ccccc2-n2cccc2)s1. The molecule has 0 saturated heterocycles. The van der Waals surface area contributed by atoms with Crippen LogP contribution in [0.3, 0.4) is 0 Å². The van der Waals surface area contributed by atoms with Crippen LogP contribution < -0.4 is 5.32 Å². The number of nitrogens with zero attached hydrogens (tertiary/aromatic N) is 2. The van der Waals surface area contributed by atoms with Crippen LogP contribution in [0.15, 0.2) is 55.0 Å². The zero-order valence-corrected chi connectivity index (χ0v) is 11.7. The van der Waals surface area contributed by atoms with Crippen LogP contribution in [-0.4, -0.2) is 9.55 Å². The molecule has 3 rings (SSSR count). The van der Waals surface area contributed by atoms with Crippen molar-refractivity contribution in [2.75, 3.05) is 5.32 Å². The van der Waals surface area contributed by atoms with E-state index in [2.05, 4.69) is 27.0 Å². The summed E-state index contributed by atoms with van der Waals surface area (Å²) in [6.07, 6.45) is 5.87. The van der Waals surface area contributed by atoms with E-state index in [1.165, 1.54) is 11.3 Å². The number of halogens is 1. The molecule has 19 heavy (non-hydrogen) atoms. The highest BCUT2D eigenvalue weighted by Gasteiger charge is 2.04. The van der Waals surface area contributed by atoms with Gasteiger partial charge in [-0.25, -0.2) is 4.98 Å². The van der Waals surface area contributed by atoms with E-state index in [0.29, 0.717) is 4.47 Å². The van der Waals surface area contributed by atoms with Crippen molar-refractivity contribution in [3.8, 4) is 5.69 Å². The Kier molecular flexibility index (Phi) is 3.53. The van der Waals surface area contributed by atoms with Gasteiger partial charge in [0.15, 0.2) is 4.47 Å². The van der Waals surface area contributed by atoms with Gasteiger partial charge >= 0.3 is 0 Å². The molecule has 0 unspecified atom stereocenters. The molecular weight excluding hydrogens is 278 g/mol. The smallest absolute Gasteiger partial charge is 0.183 e. The van der Waals surface area contributed by atoms with E-state index in [0.717, 1.165) is 22.8 Å². The molecule has 0 amide bonds. The van der Waals surface area contributed by atoms with Gasteiger partial charge in [0.1, 0.15) is 0 Å². The zero-order chi connectivity index (χ0) is 13.1. The average Bonchev–Trinajstić information content (AvgIpc) is 3.08. The summed E-state index contributed by atoms with van der Waals surface area (Å²) in [5.74, 6) is 0. The van der Waals surface area contributed by atoms with Crippen LogP contribution in [0.25, 0.3) is 5.69 Å². The Morgan fingerprint density at radius 3 is 2.68 bits per heavy atom. The van der Waals surface area contributed by atoms with Gasteiger partial charge in [-0.15, -0.1) is 11.3 Å². The minimum Gasteiger partial charge on any atom is -0.378 e. The molecule has 0 radical (unpaired) electrons. The Hall–Kier alpha value is -1.78. The van der Waals surface area contributed by atoms with Gasteiger partial charge in [-0.2, -0.15) is 0 Å². The molecule has 1 N–H and O–H groups in total. The van der Waals surface area contributed by atoms with E-state index in [1.54, 1.807) is 6.20 Å². The molecule has 0 aliphatic rings. The highest BCUT2D eigenvalue weighted by molar-refractivity contribution is 7.15. The van der Waals surface area contributed by atoms with Crippen LogP contribution in [0.4, 0.5) is 5.69 Å². The lowest BCUT2D eigenvalue weighted by atomic mass is 10.2. The van der Waals surface area contributed by atoms with E-state index < -0.39 is 0 Å². The fourth-order valence-electron chi connectivity index (χ4n) is 1.89. The van der Waals surface area contributed by atoms with Crippen molar-refractivity contribution in [3.63, 3.8) is 0 Å². The Bertz CT molecular complexity index is 661. The van der Waals surface area contributed by atoms with Crippen molar-refractivity contribution in [1.29, 1.82) is 0 Å². The third kappa shape index (κ3) is 2.80. The summed E-state index contributed by atoms with van der Waals surface area (Å²) in [6, 6.07) is 12.2. The quantitative estimate of drug-likeness (QED) is 0.780. The normalized spacial score (nSPS) is 10.6. The van der Waals surface area contributed by atoms with E-state index >= 15 is 0 Å². The number of thiazole rings is 1. The number of rotatable bonds is 4. The van der Waals surface area contributed by atoms with Gasteiger partial charge < -0.3 is 9.88 Å². The molecule has 3 nitrogen and oxygen atoms in total. The number of hydrogen-bond donors (Lipinski definition) is 1. The zero-order valence-electron chi connectivity index (χ0n) is 10.1. The summed E-state index contributed by atoms with van der Waals surface area (Å²) in [7, 11) is 0. The van der Waals surface area contributed by atoms with Crippen LogP contribution in [-0.2, 0) is 6.54 Å². The molecule has 0 aliphatic heterocycles. The van der Waals surface area contributed by atoms with Crippen molar-refractivity contribution in [2.24, 2.45) is 0 Å². The molecular formula is C14H12ClN3S. The van der Waals surface area contributed by atoms with Crippen molar-refractivity contribution >= 4 is 28.6 Å². The molecule has 0 saturated carbocycles. The first-order valence-corrected chi connectivity index (χ1v) is 7.09. The second-order valence-electron chi connectivity index (χ2n) is 4.04. The predicted molar refractivity (Wildman–Crippen MR) is 80.2 cm³/mol. The summed E-state index contributed by atoms with van der Waals surface area (Å²) in [4.78, 5) is 5.16. The summed E-state index contributed by atoms with van der Waals surface area (Å²) in [5.41, 5.74) is 2.21. The first-order chi connectivity index (χ1) is 9.33. The van der Waals surface area contributed by atoms with Crippen LogP contribution in [0.1, 0.15) is 4.88 Å². The maximum atomic E-state index is 5.83. The predicted octanol–water partition coefficient (Wildman–Crippen LogP) is 4.20. The molecule has 0 bridgehead atoms. The fraction of sp³-hybridized carbons (Fsp3) is 0.0714. The second-order valence-corrected chi connectivity index (χ2v) is 5.74. The largest absolute Gasteiger partial charge is 0.378 e. The summed E-state index contributed by atoms with van der Waals surface area (Å²) < 4.78 is 2.66. The fourth-order valence-corrected chi connectivity index (χ4v) is 2.81. The second kappa shape index (κ2) is 5.47. The van der Waals surface area contributed by atoms with Gasteiger partial charge in [0, 0.05) is 23.5 Å². The van der Waals surface area contributed by atoms with Crippen LogP contribution in [0.5, 0.6) is 0 Å². The third-order valence-corrected chi connectivity index (χ3v) is 3.88. The summed E-state index contributed by atoms with van der Waals surface area (Å²) >= 11 is 7.33. The molecule has 3 aromatic rings. The number of benzene rings is 1. The molecule has 0 aliphatic carbocycles. The van der Waals surface area contributed by atoms with E-state index in [4.69, 9.17) is 11.6 Å². The summed E-state index contributed by atoms with van der Waals surface area (Å²) in [6.45, 7) is 0.725. The Balaban J connectivity index is 1.81. The molecule has 2 heterocycles. The monoisotopic (exact) mass is 289 g/mol. The molecule has 2 aromatic heterocycles. The van der Waals surface area contributed by atoms with Crippen LogP contribution >= 0.6 is 22.9 Å². The lowest BCUT2D eigenvalue weighted by Gasteiger charge is -2.12. The standard InChI is InChI=1S/C14H12ClN3S/c15-14-17-10-11(19-14)9-16-12-5-1-2-6-13(12)18-7-3-4-8-18/h1-8,10,16H,9H2. The minimum absolute atomic E-state index is 0.579. The van der Waals surface area contributed by atoms with Gasteiger partial charge in [-0.3, -0.25) is 0 Å². The maximum absolute atomic E-state index is 5.83. The Labute approximate surface area is 120 Å². The molecule has 1 aromatic carbocycles. The first-order valence-electron chi connectivity index (χ1n) is 5.89. The topological polar surface area (TPSA) is 29.9 Å². The van der Waals surface area contributed by atoms with Crippen molar-refractivity contribution < 1.29 is 0 Å². The Morgan fingerprint density at radius 2 is 1.95 bits per heavy atom. The number of hydrogen-bond acceptors (Lipinski definition) is 3. The van der Waals surface area contributed by atoms with E-state index in [1.807, 2.05) is 36.7 Å². The number of aromatic nitrogens is 2.